The molecule has 0 heterocycles. The van der Waals surface area contributed by atoms with Crippen molar-refractivity contribution >= 4 is 7.82 Å². The van der Waals surface area contributed by atoms with E-state index >= 15 is 0 Å². The Morgan fingerprint density at radius 1 is 1.56 bits per heavy atom. The van der Waals surface area contributed by atoms with E-state index in [1.807, 2.05) is 13.3 Å². The molecular formula is C13H15O4P. The number of rotatable bonds is 6. The first-order valence-electron chi connectivity index (χ1n) is 5.76. The summed E-state index contributed by atoms with van der Waals surface area (Å²) in [6, 6.07) is 0. The summed E-state index contributed by atoms with van der Waals surface area (Å²) in [4.78, 5) is 9.41. The zero-order chi connectivity index (χ0) is 14.6. The number of allylic oxidation sites excluding steroid dienone is 1. The maximum Gasteiger partial charge on any atom is 0.473 e. The largest absolute Gasteiger partial charge is 0.473 e. The third-order valence-corrected chi connectivity index (χ3v) is 2.48. The van der Waals surface area contributed by atoms with Gasteiger partial charge in [0, 0.05) is 0 Å². The highest BCUT2D eigenvalue weighted by Crippen LogP contribution is 2.44. The molecule has 0 saturated heterocycles. The molecule has 0 bridgehead atoms. The molecule has 0 rings (SSSR count). The number of phosphoric acid groups is 1. The molecule has 0 spiro atoms. The van der Waals surface area contributed by atoms with Crippen molar-refractivity contribution in [3.63, 3.8) is 0 Å². The third-order valence-electron chi connectivity index (χ3n) is 1.47. The molecule has 96 valence electrons. The van der Waals surface area contributed by atoms with Crippen LogP contribution in [0.2, 0.25) is 0 Å². The van der Waals surface area contributed by atoms with E-state index in [-0.39, 0.29) is 6.61 Å². The summed E-state index contributed by atoms with van der Waals surface area (Å²) in [5.74, 6) is 11.8. The van der Waals surface area contributed by atoms with E-state index in [1.54, 1.807) is 13.0 Å². The second kappa shape index (κ2) is 9.55. The van der Waals surface area contributed by atoms with E-state index in [0.717, 1.165) is 0 Å². The molecule has 2 unspecified atom stereocenters. The molecule has 0 fully saturated rings. The average Bonchev–Trinajstić information content (AvgIpc) is 2.36. The van der Waals surface area contributed by atoms with Crippen LogP contribution in [0.15, 0.2) is 12.2 Å². The number of terminal acetylenes is 1. The highest BCUT2D eigenvalue weighted by molar-refractivity contribution is 7.47. The predicted molar refractivity (Wildman–Crippen MR) is 70.1 cm³/mol. The third kappa shape index (κ3) is 8.66. The summed E-state index contributed by atoms with van der Waals surface area (Å²) >= 11 is 0. The molecule has 0 aliphatic rings. The monoisotopic (exact) mass is 268 g/mol. The van der Waals surface area contributed by atoms with Gasteiger partial charge in [0.25, 0.3) is 0 Å². The fraction of sp³-hybridized carbons (Fsp3) is 0.385. The van der Waals surface area contributed by atoms with E-state index < -0.39 is 13.9 Å². The van der Waals surface area contributed by atoms with Crippen LogP contribution in [0, 0.1) is 36.0 Å². The van der Waals surface area contributed by atoms with E-state index in [9.17, 15) is 9.46 Å². The van der Waals surface area contributed by atoms with Crippen LogP contribution in [0.3, 0.4) is 0 Å². The second-order valence-corrected chi connectivity index (χ2v) is 4.40. The first-order chi connectivity index (χ1) is 9.05. The topological polar surface area (TPSA) is 55.8 Å². The van der Waals surface area contributed by atoms with Crippen LogP contribution >= 0.6 is 7.82 Å². The van der Waals surface area contributed by atoms with Crippen LogP contribution in [0.1, 0.15) is 21.6 Å². The quantitative estimate of drug-likeness (QED) is 0.455. The van der Waals surface area contributed by atoms with Gasteiger partial charge < -0.3 is 4.89 Å². The zero-order valence-electron chi connectivity index (χ0n) is 11.3. The summed E-state index contributed by atoms with van der Waals surface area (Å²) in [7, 11) is -4.12. The molecule has 0 radical (unpaired) electrons. The SMILES string of the molecule is [3H]C#CC#CC#CC(/C=C/C)OP(=O)(O)OCCC. The fourth-order valence-corrected chi connectivity index (χ4v) is 1.72. The summed E-state index contributed by atoms with van der Waals surface area (Å²) in [6.07, 6.45) is 4.70. The van der Waals surface area contributed by atoms with Crippen molar-refractivity contribution in [3.8, 4) is 36.0 Å². The molecule has 2 atom stereocenters. The smallest absolute Gasteiger partial charge is 0.302 e. The number of phosphoric ester groups is 1. The predicted octanol–water partition coefficient (Wildman–Crippen LogP) is 2.11. The van der Waals surface area contributed by atoms with Gasteiger partial charge in [-0.1, -0.05) is 18.9 Å². The lowest BCUT2D eigenvalue weighted by Gasteiger charge is -2.13. The van der Waals surface area contributed by atoms with Crippen LogP contribution in [0.4, 0.5) is 0 Å². The molecule has 18 heavy (non-hydrogen) atoms. The highest BCUT2D eigenvalue weighted by atomic mass is 31.2. The van der Waals surface area contributed by atoms with Gasteiger partial charge in [0.05, 0.1) is 6.61 Å². The van der Waals surface area contributed by atoms with Crippen LogP contribution < -0.4 is 0 Å². The van der Waals surface area contributed by atoms with Crippen LogP contribution in [-0.4, -0.2) is 17.6 Å². The average molecular weight is 268 g/mol. The summed E-state index contributed by atoms with van der Waals surface area (Å²) < 4.78 is 27.6. The molecule has 4 nitrogen and oxygen atoms in total. The Labute approximate surface area is 109 Å². The summed E-state index contributed by atoms with van der Waals surface area (Å²) in [5, 5.41) is 0. The van der Waals surface area contributed by atoms with Crippen LogP contribution in [0.5, 0.6) is 0 Å². The standard InChI is InChI=1S/C13H15O4P/c1-4-7-8-9-11-13(10-5-2)17-18(14,15)16-12-6-3/h1,5,10,13H,6,12H2,2-3H3,(H,14,15)/b10-5+/i1T. The molecule has 0 saturated carbocycles. The van der Waals surface area contributed by atoms with Gasteiger partial charge in [0.1, 0.15) is 7.47 Å². The molecule has 0 aromatic carbocycles. The summed E-state index contributed by atoms with van der Waals surface area (Å²) in [6.45, 7) is 3.67. The van der Waals surface area contributed by atoms with Crippen molar-refractivity contribution in [1.29, 1.82) is 0 Å². The van der Waals surface area contributed by atoms with Crippen LogP contribution in [0.25, 0.3) is 0 Å². The lowest BCUT2D eigenvalue weighted by molar-refractivity contribution is 0.143. The lowest BCUT2D eigenvalue weighted by Crippen LogP contribution is -2.07. The minimum absolute atomic E-state index is 0.128. The molecule has 0 aliphatic heterocycles. The van der Waals surface area contributed by atoms with Crippen molar-refractivity contribution in [2.75, 3.05) is 6.61 Å². The Kier molecular flexibility index (Phi) is 7.74. The Balaban J connectivity index is 4.70. The molecule has 1 N–H and O–H groups in total. The highest BCUT2D eigenvalue weighted by Gasteiger charge is 2.23. The Morgan fingerprint density at radius 2 is 2.33 bits per heavy atom. The Morgan fingerprint density at radius 3 is 2.94 bits per heavy atom. The van der Waals surface area contributed by atoms with E-state index in [1.165, 1.54) is 6.08 Å². The van der Waals surface area contributed by atoms with Gasteiger partial charge in [-0.25, -0.2) is 4.57 Å². The normalized spacial score (nSPS) is 14.9. The van der Waals surface area contributed by atoms with Gasteiger partial charge in [-0.2, -0.15) is 0 Å². The van der Waals surface area contributed by atoms with Gasteiger partial charge in [-0.15, -0.1) is 6.40 Å². The van der Waals surface area contributed by atoms with Crippen molar-refractivity contribution in [2.45, 2.75) is 26.4 Å². The molecule has 5 heteroatoms. The van der Waals surface area contributed by atoms with Crippen molar-refractivity contribution in [2.24, 2.45) is 0 Å². The molecule has 0 aromatic heterocycles. The van der Waals surface area contributed by atoms with Gasteiger partial charge in [-0.05, 0) is 43.1 Å². The number of hydrogen-bond donors (Lipinski definition) is 1. The summed E-state index contributed by atoms with van der Waals surface area (Å²) in [5.41, 5.74) is 0. The van der Waals surface area contributed by atoms with E-state index in [0.29, 0.717) is 6.42 Å². The minimum atomic E-state index is -4.12. The molecule has 0 aromatic rings. The van der Waals surface area contributed by atoms with Gasteiger partial charge >= 0.3 is 7.82 Å². The van der Waals surface area contributed by atoms with Crippen molar-refractivity contribution in [3.05, 3.63) is 12.2 Å². The van der Waals surface area contributed by atoms with E-state index in [4.69, 9.17) is 10.4 Å². The Bertz CT molecular complexity index is 522. The molecule has 0 amide bonds. The molecular weight excluding hydrogens is 251 g/mol. The van der Waals surface area contributed by atoms with Gasteiger partial charge in [-0.3, -0.25) is 9.05 Å². The second-order valence-electron chi connectivity index (χ2n) is 3.00. The minimum Gasteiger partial charge on any atom is -0.302 e. The maximum absolute atomic E-state index is 11.5. The van der Waals surface area contributed by atoms with Crippen molar-refractivity contribution in [1.82, 2.24) is 0 Å². The zero-order valence-corrected chi connectivity index (χ0v) is 11.2. The van der Waals surface area contributed by atoms with Gasteiger partial charge in [0.2, 0.25) is 0 Å². The van der Waals surface area contributed by atoms with E-state index in [2.05, 4.69) is 29.6 Å². The number of hydrogen-bond acceptors (Lipinski definition) is 3. The molecule has 0 aliphatic carbocycles. The first kappa shape index (κ1) is 14.6. The van der Waals surface area contributed by atoms with Crippen molar-refractivity contribution < 1.29 is 19.9 Å². The maximum atomic E-state index is 11.5. The first-order valence-corrected chi connectivity index (χ1v) is 6.76. The lowest BCUT2D eigenvalue weighted by atomic mass is 10.3. The van der Waals surface area contributed by atoms with Crippen LogP contribution in [-0.2, 0) is 13.6 Å². The fourth-order valence-electron chi connectivity index (χ4n) is 0.835. The van der Waals surface area contributed by atoms with Gasteiger partial charge in [0.15, 0.2) is 0 Å². The Hall–Kier alpha value is -1.47.